The van der Waals surface area contributed by atoms with E-state index in [1.165, 1.54) is 0 Å². The van der Waals surface area contributed by atoms with Crippen LogP contribution >= 0.6 is 0 Å². The van der Waals surface area contributed by atoms with E-state index in [1.807, 2.05) is 24.3 Å². The van der Waals surface area contributed by atoms with Gasteiger partial charge in [0, 0.05) is 24.8 Å². The molecule has 2 rings (SSSR count). The molecule has 2 heterocycles. The monoisotopic (exact) mass is 342 g/mol. The van der Waals surface area contributed by atoms with Crippen molar-refractivity contribution >= 4 is 28.8 Å². The van der Waals surface area contributed by atoms with Gasteiger partial charge in [-0.2, -0.15) is 0 Å². The molecule has 0 saturated heterocycles. The van der Waals surface area contributed by atoms with E-state index in [9.17, 15) is 0 Å². The Balaban J connectivity index is 2.03. The second-order valence-electron chi connectivity index (χ2n) is 6.19. The first kappa shape index (κ1) is 17.4. The molecule has 2 aromatic rings. The molecule has 0 aliphatic heterocycles. The van der Waals surface area contributed by atoms with Crippen molar-refractivity contribution in [3.05, 3.63) is 60.0 Å². The number of rotatable bonds is 6. The van der Waals surface area contributed by atoms with Crippen LogP contribution in [-0.2, 0) is 4.12 Å². The Kier molecular flexibility index (Phi) is 5.70. The van der Waals surface area contributed by atoms with Crippen molar-refractivity contribution in [2.45, 2.75) is 26.2 Å². The third kappa shape index (κ3) is 6.35. The van der Waals surface area contributed by atoms with Gasteiger partial charge in [-0.1, -0.05) is 11.4 Å². The van der Waals surface area contributed by atoms with E-state index >= 15 is 0 Å². The van der Waals surface area contributed by atoms with Crippen LogP contribution < -0.4 is 0 Å². The van der Waals surface area contributed by atoms with Gasteiger partial charge >= 0.3 is 0 Å². The van der Waals surface area contributed by atoms with Gasteiger partial charge in [-0.25, -0.2) is 19.9 Å². The van der Waals surface area contributed by atoms with Crippen molar-refractivity contribution in [1.82, 2.24) is 19.9 Å². The highest BCUT2D eigenvalue weighted by atomic mass is 28.4. The van der Waals surface area contributed by atoms with Gasteiger partial charge in [-0.15, -0.1) is 0 Å². The van der Waals surface area contributed by atoms with E-state index in [1.54, 1.807) is 24.8 Å². The molecule has 0 saturated carbocycles. The average Bonchev–Trinajstić information content (AvgIpc) is 2.52. The summed E-state index contributed by atoms with van der Waals surface area (Å²) in [4.78, 5) is 16.8. The molecule has 0 spiro atoms. The maximum atomic E-state index is 6.46. The first-order chi connectivity index (χ1) is 10.9. The molecule has 0 unspecified atom stereocenters. The topological polar surface area (TPSA) is 60.8 Å². The summed E-state index contributed by atoms with van der Waals surface area (Å²) in [6.07, 6.45) is 10.8. The Bertz CT molecular complexity index is 613. The van der Waals surface area contributed by atoms with Gasteiger partial charge in [0.25, 0.3) is 0 Å². The fraction of sp³-hybridized carbons (Fsp3) is 0.250. The first-order valence-corrected chi connectivity index (χ1v) is 13.5. The SMILES string of the molecule is C[Si](C)(/C=C/c1ncccn1)O[Si](C)(C)/C=C/c1ncccn1. The summed E-state index contributed by atoms with van der Waals surface area (Å²) in [6.45, 7) is 8.70. The highest BCUT2D eigenvalue weighted by Crippen LogP contribution is 2.18. The van der Waals surface area contributed by atoms with Crippen molar-refractivity contribution in [2.24, 2.45) is 0 Å². The first-order valence-electron chi connectivity index (χ1n) is 7.49. The predicted octanol–water partition coefficient (Wildman–Crippen LogP) is 3.50. The van der Waals surface area contributed by atoms with Crippen molar-refractivity contribution in [3.63, 3.8) is 0 Å². The molecule has 23 heavy (non-hydrogen) atoms. The molecule has 0 aliphatic carbocycles. The van der Waals surface area contributed by atoms with Crippen LogP contribution in [0.3, 0.4) is 0 Å². The van der Waals surface area contributed by atoms with Gasteiger partial charge in [0.1, 0.15) is 0 Å². The minimum Gasteiger partial charge on any atom is -0.449 e. The van der Waals surface area contributed by atoms with E-state index in [-0.39, 0.29) is 0 Å². The molecular formula is C16H22N4OSi2. The van der Waals surface area contributed by atoms with Gasteiger partial charge in [-0.05, 0) is 50.5 Å². The quantitative estimate of drug-likeness (QED) is 0.752. The van der Waals surface area contributed by atoms with E-state index in [0.717, 1.165) is 0 Å². The lowest BCUT2D eigenvalue weighted by Crippen LogP contribution is -2.42. The Morgan fingerprint density at radius 1 is 0.696 bits per heavy atom. The summed E-state index contributed by atoms with van der Waals surface area (Å²) in [7, 11) is -3.90. The second kappa shape index (κ2) is 7.54. The molecule has 5 nitrogen and oxygen atoms in total. The molecule has 0 fully saturated rings. The molecule has 120 valence electrons. The number of hydrogen-bond acceptors (Lipinski definition) is 5. The van der Waals surface area contributed by atoms with Crippen molar-refractivity contribution in [1.29, 1.82) is 0 Å². The van der Waals surface area contributed by atoms with Crippen LogP contribution in [0.2, 0.25) is 26.2 Å². The second-order valence-corrected chi connectivity index (χ2v) is 14.1. The summed E-state index contributed by atoms with van der Waals surface area (Å²) in [6, 6.07) is 3.62. The number of hydrogen-bond donors (Lipinski definition) is 0. The van der Waals surface area contributed by atoms with Gasteiger partial charge in [-0.3, -0.25) is 0 Å². The minimum absolute atomic E-state index is 0.712. The van der Waals surface area contributed by atoms with E-state index in [2.05, 4.69) is 57.5 Å². The molecule has 0 amide bonds. The van der Waals surface area contributed by atoms with Crippen LogP contribution in [0.1, 0.15) is 11.6 Å². The summed E-state index contributed by atoms with van der Waals surface area (Å²) in [5.41, 5.74) is 4.26. The summed E-state index contributed by atoms with van der Waals surface area (Å²) < 4.78 is 6.46. The molecule has 0 N–H and O–H groups in total. The van der Waals surface area contributed by atoms with Crippen molar-refractivity contribution in [2.75, 3.05) is 0 Å². The molecule has 0 aliphatic rings. The standard InChI is InChI=1S/C16H22N4OSi2/c1-22(2,13-7-15-17-9-5-10-18-15)21-23(3,4)14-8-16-19-11-6-12-20-16/h5-14H,1-4H3/b13-7+,14-8+. The smallest absolute Gasteiger partial charge is 0.198 e. The number of nitrogens with zero attached hydrogens (tertiary/aromatic N) is 4. The molecule has 7 heteroatoms. The van der Waals surface area contributed by atoms with Gasteiger partial charge < -0.3 is 4.12 Å². The zero-order chi connectivity index (χ0) is 16.8. The summed E-state index contributed by atoms with van der Waals surface area (Å²) in [5.74, 6) is 1.42. The van der Waals surface area contributed by atoms with E-state index in [0.29, 0.717) is 11.6 Å². The third-order valence-electron chi connectivity index (χ3n) is 2.97. The van der Waals surface area contributed by atoms with Gasteiger partial charge in [0.15, 0.2) is 28.3 Å². The Morgan fingerprint density at radius 3 is 1.39 bits per heavy atom. The fourth-order valence-electron chi connectivity index (χ4n) is 2.09. The maximum Gasteiger partial charge on any atom is 0.198 e. The highest BCUT2D eigenvalue weighted by Gasteiger charge is 2.29. The Hall–Kier alpha value is -1.97. The Morgan fingerprint density at radius 2 is 1.04 bits per heavy atom. The minimum atomic E-state index is -1.95. The lowest BCUT2D eigenvalue weighted by molar-refractivity contribution is 0.571. The van der Waals surface area contributed by atoms with Gasteiger partial charge in [0.2, 0.25) is 0 Å². The van der Waals surface area contributed by atoms with Crippen LogP contribution in [0.25, 0.3) is 12.2 Å². The van der Waals surface area contributed by atoms with Crippen LogP contribution in [0.4, 0.5) is 0 Å². The van der Waals surface area contributed by atoms with Crippen molar-refractivity contribution in [3.8, 4) is 0 Å². The summed E-state index contributed by atoms with van der Waals surface area (Å²) >= 11 is 0. The average molecular weight is 343 g/mol. The lowest BCUT2D eigenvalue weighted by atomic mass is 10.5. The highest BCUT2D eigenvalue weighted by molar-refractivity contribution is 6.90. The van der Waals surface area contributed by atoms with Gasteiger partial charge in [0.05, 0.1) is 0 Å². The fourth-order valence-corrected chi connectivity index (χ4v) is 9.16. The van der Waals surface area contributed by atoms with Crippen LogP contribution in [0, 0.1) is 0 Å². The largest absolute Gasteiger partial charge is 0.449 e. The number of aromatic nitrogens is 4. The van der Waals surface area contributed by atoms with Crippen LogP contribution in [0.15, 0.2) is 48.3 Å². The third-order valence-corrected chi connectivity index (χ3v) is 9.11. The zero-order valence-corrected chi connectivity index (χ0v) is 16.0. The molecule has 2 aromatic heterocycles. The Labute approximate surface area is 139 Å². The molecule has 0 radical (unpaired) electrons. The molecule has 0 atom stereocenters. The normalized spacial score (nSPS) is 13.0. The van der Waals surface area contributed by atoms with Crippen LogP contribution in [0.5, 0.6) is 0 Å². The molecule has 0 bridgehead atoms. The van der Waals surface area contributed by atoms with Crippen LogP contribution in [-0.4, -0.2) is 36.6 Å². The zero-order valence-electron chi connectivity index (χ0n) is 14.0. The van der Waals surface area contributed by atoms with Crippen molar-refractivity contribution < 1.29 is 4.12 Å². The lowest BCUT2D eigenvalue weighted by Gasteiger charge is -2.29. The van der Waals surface area contributed by atoms with E-state index in [4.69, 9.17) is 4.12 Å². The molecule has 0 aromatic carbocycles. The van der Waals surface area contributed by atoms with E-state index < -0.39 is 16.6 Å². The maximum absolute atomic E-state index is 6.46. The summed E-state index contributed by atoms with van der Waals surface area (Å²) in [5, 5.41) is 0. The predicted molar refractivity (Wildman–Crippen MR) is 98.2 cm³/mol. The molecular weight excluding hydrogens is 320 g/mol.